The zero-order valence-electron chi connectivity index (χ0n) is 13.4. The highest BCUT2D eigenvalue weighted by Gasteiger charge is 2.19. The third-order valence-electron chi connectivity index (χ3n) is 3.63. The number of rotatable bonds is 6. The Labute approximate surface area is 132 Å². The third kappa shape index (κ3) is 4.35. The summed E-state index contributed by atoms with van der Waals surface area (Å²) in [5.41, 5.74) is 2.28. The first-order valence-electron chi connectivity index (χ1n) is 7.68. The number of ether oxygens (including phenoxy) is 1. The number of hydrogen-bond acceptors (Lipinski definition) is 2. The van der Waals surface area contributed by atoms with Gasteiger partial charge in [-0.15, -0.1) is 0 Å². The van der Waals surface area contributed by atoms with Crippen molar-refractivity contribution in [2.45, 2.75) is 39.3 Å². The van der Waals surface area contributed by atoms with Crippen LogP contribution in [0.5, 0.6) is 5.75 Å². The van der Waals surface area contributed by atoms with Gasteiger partial charge in [-0.2, -0.15) is 0 Å². The van der Waals surface area contributed by atoms with Gasteiger partial charge in [-0.05, 0) is 38.0 Å². The first kappa shape index (κ1) is 16.1. The number of amides is 1. The monoisotopic (exact) mass is 297 g/mol. The van der Waals surface area contributed by atoms with Gasteiger partial charge in [0.1, 0.15) is 5.75 Å². The average molecular weight is 297 g/mol. The summed E-state index contributed by atoms with van der Waals surface area (Å²) >= 11 is 0. The van der Waals surface area contributed by atoms with Crippen LogP contribution in [0, 0.1) is 6.92 Å². The topological polar surface area (TPSA) is 38.3 Å². The van der Waals surface area contributed by atoms with Gasteiger partial charge in [-0.25, -0.2) is 0 Å². The zero-order chi connectivity index (χ0) is 15.9. The molecule has 2 aromatic rings. The smallest absolute Gasteiger partial charge is 0.261 e. The Morgan fingerprint density at radius 1 is 1.09 bits per heavy atom. The zero-order valence-corrected chi connectivity index (χ0v) is 13.4. The van der Waals surface area contributed by atoms with Crippen molar-refractivity contribution in [2.75, 3.05) is 0 Å². The molecule has 0 aliphatic heterocycles. The molecular weight excluding hydrogens is 274 g/mol. The van der Waals surface area contributed by atoms with Crippen molar-refractivity contribution < 1.29 is 9.53 Å². The molecule has 0 bridgehead atoms. The fraction of sp³-hybridized carbons (Fsp3) is 0.316. The minimum Gasteiger partial charge on any atom is -0.481 e. The van der Waals surface area contributed by atoms with Gasteiger partial charge >= 0.3 is 0 Å². The molecule has 0 spiro atoms. The summed E-state index contributed by atoms with van der Waals surface area (Å²) in [6.07, 6.45) is 0.313. The van der Waals surface area contributed by atoms with Crippen LogP contribution in [0.15, 0.2) is 54.6 Å². The Balaban J connectivity index is 1.96. The second-order valence-corrected chi connectivity index (χ2v) is 5.45. The van der Waals surface area contributed by atoms with Gasteiger partial charge in [0.2, 0.25) is 0 Å². The van der Waals surface area contributed by atoms with E-state index in [0.717, 1.165) is 12.0 Å². The quantitative estimate of drug-likeness (QED) is 0.874. The summed E-state index contributed by atoms with van der Waals surface area (Å²) in [7, 11) is 0. The maximum absolute atomic E-state index is 12.3. The van der Waals surface area contributed by atoms with Crippen molar-refractivity contribution in [3.8, 4) is 5.75 Å². The molecule has 2 aromatic carbocycles. The summed E-state index contributed by atoms with van der Waals surface area (Å²) in [5, 5.41) is 3.05. The van der Waals surface area contributed by atoms with Crippen molar-refractivity contribution in [3.05, 3.63) is 65.7 Å². The normalized spacial score (nSPS) is 13.2. The third-order valence-corrected chi connectivity index (χ3v) is 3.63. The Hall–Kier alpha value is -2.29. The standard InChI is InChI=1S/C19H23NO2/c1-4-18(16-8-6-5-7-9-16)20-19(21)15(3)22-17-12-10-14(2)11-13-17/h5-13,15,18H,4H2,1-3H3,(H,20,21)/t15-,18-/m0/s1. The molecule has 0 saturated carbocycles. The van der Waals surface area contributed by atoms with E-state index < -0.39 is 6.10 Å². The number of carbonyl (C=O) groups is 1. The summed E-state index contributed by atoms with van der Waals surface area (Å²) in [5.74, 6) is 0.609. The second kappa shape index (κ2) is 7.64. The molecule has 2 rings (SSSR count). The van der Waals surface area contributed by atoms with Gasteiger partial charge in [0.25, 0.3) is 5.91 Å². The fourth-order valence-corrected chi connectivity index (χ4v) is 2.27. The Morgan fingerprint density at radius 2 is 1.73 bits per heavy atom. The van der Waals surface area contributed by atoms with E-state index in [1.54, 1.807) is 6.92 Å². The van der Waals surface area contributed by atoms with Crippen LogP contribution in [0.1, 0.15) is 37.4 Å². The van der Waals surface area contributed by atoms with Crippen LogP contribution in [0.3, 0.4) is 0 Å². The number of benzene rings is 2. The number of hydrogen-bond donors (Lipinski definition) is 1. The Kier molecular flexibility index (Phi) is 5.59. The molecule has 0 saturated heterocycles. The van der Waals surface area contributed by atoms with E-state index in [0.29, 0.717) is 5.75 Å². The minimum absolute atomic E-state index is 0.0118. The molecule has 0 aliphatic rings. The first-order valence-corrected chi connectivity index (χ1v) is 7.68. The van der Waals surface area contributed by atoms with Crippen LogP contribution >= 0.6 is 0 Å². The molecule has 0 fully saturated rings. The SMILES string of the molecule is CC[C@H](NC(=O)[C@H](C)Oc1ccc(C)cc1)c1ccccc1. The van der Waals surface area contributed by atoms with Crippen LogP contribution < -0.4 is 10.1 Å². The highest BCUT2D eigenvalue weighted by atomic mass is 16.5. The fourth-order valence-electron chi connectivity index (χ4n) is 2.27. The van der Waals surface area contributed by atoms with Crippen molar-refractivity contribution in [3.63, 3.8) is 0 Å². The van der Waals surface area contributed by atoms with E-state index >= 15 is 0 Å². The number of carbonyl (C=O) groups excluding carboxylic acids is 1. The maximum atomic E-state index is 12.3. The lowest BCUT2D eigenvalue weighted by atomic mass is 10.0. The predicted molar refractivity (Wildman–Crippen MR) is 88.9 cm³/mol. The summed E-state index contributed by atoms with van der Waals surface area (Å²) in [4.78, 5) is 12.3. The average Bonchev–Trinajstić information content (AvgIpc) is 2.55. The van der Waals surface area contributed by atoms with Crippen molar-refractivity contribution >= 4 is 5.91 Å². The predicted octanol–water partition coefficient (Wildman–Crippen LogP) is 4.03. The van der Waals surface area contributed by atoms with Gasteiger partial charge in [0.05, 0.1) is 6.04 Å². The molecule has 3 heteroatoms. The summed E-state index contributed by atoms with van der Waals surface area (Å²) in [6.45, 7) is 5.85. The van der Waals surface area contributed by atoms with Crippen LogP contribution in [0.4, 0.5) is 0 Å². The lowest BCUT2D eigenvalue weighted by Gasteiger charge is -2.21. The second-order valence-electron chi connectivity index (χ2n) is 5.45. The lowest BCUT2D eigenvalue weighted by molar-refractivity contribution is -0.128. The van der Waals surface area contributed by atoms with E-state index in [4.69, 9.17) is 4.74 Å². The molecular formula is C19H23NO2. The summed E-state index contributed by atoms with van der Waals surface area (Å²) in [6, 6.07) is 17.7. The van der Waals surface area contributed by atoms with Crippen LogP contribution in [0.2, 0.25) is 0 Å². The number of nitrogens with one attached hydrogen (secondary N) is 1. The summed E-state index contributed by atoms with van der Waals surface area (Å²) < 4.78 is 5.70. The molecule has 2 atom stereocenters. The van der Waals surface area contributed by atoms with E-state index in [1.807, 2.05) is 61.5 Å². The van der Waals surface area contributed by atoms with Crippen LogP contribution in [-0.4, -0.2) is 12.0 Å². The first-order chi connectivity index (χ1) is 10.6. The molecule has 0 aromatic heterocycles. The molecule has 22 heavy (non-hydrogen) atoms. The van der Waals surface area contributed by atoms with E-state index in [9.17, 15) is 4.79 Å². The molecule has 3 nitrogen and oxygen atoms in total. The molecule has 1 N–H and O–H groups in total. The molecule has 0 radical (unpaired) electrons. The molecule has 116 valence electrons. The van der Waals surface area contributed by atoms with E-state index in [-0.39, 0.29) is 11.9 Å². The van der Waals surface area contributed by atoms with Crippen molar-refractivity contribution in [1.29, 1.82) is 0 Å². The molecule has 0 heterocycles. The largest absolute Gasteiger partial charge is 0.481 e. The van der Waals surface area contributed by atoms with Gasteiger partial charge in [-0.1, -0.05) is 55.0 Å². The van der Waals surface area contributed by atoms with Crippen LogP contribution in [-0.2, 0) is 4.79 Å². The van der Waals surface area contributed by atoms with Crippen LogP contribution in [0.25, 0.3) is 0 Å². The number of aryl methyl sites for hydroxylation is 1. The van der Waals surface area contributed by atoms with Crippen molar-refractivity contribution in [2.24, 2.45) is 0 Å². The Bertz CT molecular complexity index is 593. The van der Waals surface area contributed by atoms with Crippen molar-refractivity contribution in [1.82, 2.24) is 5.32 Å². The van der Waals surface area contributed by atoms with Gasteiger partial charge in [0, 0.05) is 0 Å². The molecule has 1 amide bonds. The van der Waals surface area contributed by atoms with E-state index in [2.05, 4.69) is 12.2 Å². The highest BCUT2D eigenvalue weighted by Crippen LogP contribution is 2.17. The Morgan fingerprint density at radius 3 is 2.32 bits per heavy atom. The van der Waals surface area contributed by atoms with Gasteiger partial charge < -0.3 is 10.1 Å². The van der Waals surface area contributed by atoms with E-state index in [1.165, 1.54) is 5.56 Å². The van der Waals surface area contributed by atoms with Gasteiger partial charge in [0.15, 0.2) is 6.10 Å². The highest BCUT2D eigenvalue weighted by molar-refractivity contribution is 5.81. The minimum atomic E-state index is -0.527. The molecule has 0 aliphatic carbocycles. The lowest BCUT2D eigenvalue weighted by Crippen LogP contribution is -2.38. The maximum Gasteiger partial charge on any atom is 0.261 e. The van der Waals surface area contributed by atoms with Gasteiger partial charge in [-0.3, -0.25) is 4.79 Å². The molecule has 0 unspecified atom stereocenters.